The second-order valence-corrected chi connectivity index (χ2v) is 5.70. The Hall–Kier alpha value is -1.02. The van der Waals surface area contributed by atoms with Crippen LogP contribution in [0.2, 0.25) is 0 Å². The van der Waals surface area contributed by atoms with Crippen LogP contribution in [0.25, 0.3) is 0 Å². The Labute approximate surface area is 104 Å². The van der Waals surface area contributed by atoms with E-state index in [4.69, 9.17) is 5.73 Å². The van der Waals surface area contributed by atoms with Crippen LogP contribution in [0.15, 0.2) is 24.3 Å². The number of benzene rings is 1. The van der Waals surface area contributed by atoms with E-state index in [1.807, 2.05) is 6.07 Å². The van der Waals surface area contributed by atoms with Crippen LogP contribution in [-0.4, -0.2) is 24.5 Å². The van der Waals surface area contributed by atoms with Crippen LogP contribution in [0.4, 0.5) is 5.69 Å². The summed E-state index contributed by atoms with van der Waals surface area (Å²) in [6.07, 6.45) is 6.75. The fraction of sp³-hybridized carbons (Fsp3) is 0.600. The van der Waals surface area contributed by atoms with Crippen LogP contribution in [-0.2, 0) is 5.41 Å². The molecule has 3 rings (SSSR count). The lowest BCUT2D eigenvalue weighted by Gasteiger charge is -2.45. The molecule has 1 aliphatic heterocycles. The third-order valence-corrected chi connectivity index (χ3v) is 4.57. The minimum Gasteiger partial charge on any atom is -0.398 e. The van der Waals surface area contributed by atoms with E-state index in [1.54, 1.807) is 0 Å². The largest absolute Gasteiger partial charge is 0.398 e. The van der Waals surface area contributed by atoms with Gasteiger partial charge in [-0.2, -0.15) is 0 Å². The zero-order valence-electron chi connectivity index (χ0n) is 10.5. The predicted octanol–water partition coefficient (Wildman–Crippen LogP) is 2.79. The quantitative estimate of drug-likeness (QED) is 0.809. The number of nitrogens with zero attached hydrogens (tertiary/aromatic N) is 1. The molecule has 17 heavy (non-hydrogen) atoms. The number of nitrogen functional groups attached to an aromatic ring is 1. The maximum absolute atomic E-state index is 6.17. The summed E-state index contributed by atoms with van der Waals surface area (Å²) in [5.74, 6) is 0. The Morgan fingerprint density at radius 3 is 2.35 bits per heavy atom. The topological polar surface area (TPSA) is 29.3 Å². The zero-order valence-corrected chi connectivity index (χ0v) is 10.5. The van der Waals surface area contributed by atoms with Gasteiger partial charge in [0.15, 0.2) is 0 Å². The summed E-state index contributed by atoms with van der Waals surface area (Å²) in [7, 11) is 0. The molecule has 0 aromatic heterocycles. The van der Waals surface area contributed by atoms with Crippen LogP contribution < -0.4 is 5.73 Å². The minimum absolute atomic E-state index is 0.371. The maximum Gasteiger partial charge on any atom is 0.0352 e. The molecule has 0 unspecified atom stereocenters. The van der Waals surface area contributed by atoms with Crippen LogP contribution in [0.1, 0.15) is 37.7 Å². The first-order valence-electron chi connectivity index (χ1n) is 6.88. The molecule has 1 aliphatic carbocycles. The molecule has 0 radical (unpaired) electrons. The second-order valence-electron chi connectivity index (χ2n) is 5.70. The maximum atomic E-state index is 6.17. The monoisotopic (exact) mass is 230 g/mol. The molecule has 1 aromatic carbocycles. The Kier molecular flexibility index (Phi) is 2.83. The predicted molar refractivity (Wildman–Crippen MR) is 72.1 cm³/mol. The molecule has 2 aliphatic rings. The molecule has 1 aromatic rings. The van der Waals surface area contributed by atoms with Gasteiger partial charge in [-0.05, 0) is 50.4 Å². The molecule has 1 saturated heterocycles. The van der Waals surface area contributed by atoms with Gasteiger partial charge in [-0.1, -0.05) is 24.6 Å². The normalized spacial score (nSPS) is 23.5. The first-order chi connectivity index (χ1) is 8.30. The number of hydrogen-bond donors (Lipinski definition) is 1. The van der Waals surface area contributed by atoms with Crippen molar-refractivity contribution in [2.24, 2.45) is 0 Å². The summed E-state index contributed by atoms with van der Waals surface area (Å²) in [5.41, 5.74) is 8.94. The average Bonchev–Trinajstić information content (AvgIpc) is 2.77. The number of para-hydroxylation sites is 1. The van der Waals surface area contributed by atoms with Crippen molar-refractivity contribution in [3.63, 3.8) is 0 Å². The van der Waals surface area contributed by atoms with E-state index in [9.17, 15) is 0 Å². The number of anilines is 1. The first-order valence-corrected chi connectivity index (χ1v) is 6.88. The summed E-state index contributed by atoms with van der Waals surface area (Å²) in [5, 5.41) is 0. The summed E-state index contributed by atoms with van der Waals surface area (Å²) in [6.45, 7) is 3.80. The van der Waals surface area contributed by atoms with Crippen molar-refractivity contribution in [3.05, 3.63) is 29.8 Å². The van der Waals surface area contributed by atoms with Gasteiger partial charge >= 0.3 is 0 Å². The standard InChI is InChI=1S/C15H22N2/c16-14-7-2-1-6-13(14)15(8-5-9-15)12-17-10-3-4-11-17/h1-2,6-7H,3-5,8-12,16H2. The molecule has 2 fully saturated rings. The van der Waals surface area contributed by atoms with Crippen LogP contribution in [0.5, 0.6) is 0 Å². The van der Waals surface area contributed by atoms with Crippen molar-refractivity contribution in [1.82, 2.24) is 4.90 Å². The Morgan fingerprint density at radius 2 is 1.76 bits per heavy atom. The third kappa shape index (κ3) is 1.95. The van der Waals surface area contributed by atoms with Gasteiger partial charge in [0.05, 0.1) is 0 Å². The first kappa shape index (κ1) is 11.1. The summed E-state index contributed by atoms with van der Waals surface area (Å²) in [6, 6.07) is 8.47. The van der Waals surface area contributed by atoms with E-state index in [2.05, 4.69) is 23.1 Å². The Morgan fingerprint density at radius 1 is 1.06 bits per heavy atom. The average molecular weight is 230 g/mol. The van der Waals surface area contributed by atoms with Gasteiger partial charge in [-0.3, -0.25) is 0 Å². The minimum atomic E-state index is 0.371. The van der Waals surface area contributed by atoms with Gasteiger partial charge < -0.3 is 10.6 Å². The summed E-state index contributed by atoms with van der Waals surface area (Å²) < 4.78 is 0. The van der Waals surface area contributed by atoms with Gasteiger partial charge in [0.25, 0.3) is 0 Å². The second kappa shape index (κ2) is 4.34. The number of likely N-dealkylation sites (tertiary alicyclic amines) is 1. The highest BCUT2D eigenvalue weighted by Crippen LogP contribution is 2.46. The molecule has 2 N–H and O–H groups in total. The van der Waals surface area contributed by atoms with Crippen LogP contribution in [0.3, 0.4) is 0 Å². The van der Waals surface area contributed by atoms with Gasteiger partial charge in [0.2, 0.25) is 0 Å². The molecule has 1 heterocycles. The SMILES string of the molecule is Nc1ccccc1C1(CN2CCCC2)CCC1. The molecule has 1 saturated carbocycles. The number of hydrogen-bond acceptors (Lipinski definition) is 2. The van der Waals surface area contributed by atoms with Gasteiger partial charge in [0.1, 0.15) is 0 Å². The zero-order chi connectivity index (χ0) is 11.7. The lowest BCUT2D eigenvalue weighted by Crippen LogP contribution is -2.45. The fourth-order valence-electron chi connectivity index (χ4n) is 3.46. The van der Waals surface area contributed by atoms with Gasteiger partial charge in [0, 0.05) is 17.6 Å². The summed E-state index contributed by atoms with van der Waals surface area (Å²) >= 11 is 0. The molecule has 92 valence electrons. The molecular formula is C15H22N2. The molecule has 0 spiro atoms. The molecular weight excluding hydrogens is 208 g/mol. The summed E-state index contributed by atoms with van der Waals surface area (Å²) in [4.78, 5) is 2.63. The van der Waals surface area contributed by atoms with Gasteiger partial charge in [-0.25, -0.2) is 0 Å². The van der Waals surface area contributed by atoms with Crippen molar-refractivity contribution < 1.29 is 0 Å². The number of rotatable bonds is 3. The van der Waals surface area contributed by atoms with Crippen LogP contribution in [0, 0.1) is 0 Å². The van der Waals surface area contributed by atoms with E-state index in [-0.39, 0.29) is 0 Å². The highest BCUT2D eigenvalue weighted by atomic mass is 15.1. The highest BCUT2D eigenvalue weighted by Gasteiger charge is 2.41. The Bertz CT molecular complexity index is 390. The van der Waals surface area contributed by atoms with E-state index in [0.717, 1.165) is 5.69 Å². The van der Waals surface area contributed by atoms with Crippen molar-refractivity contribution in [2.75, 3.05) is 25.4 Å². The smallest absolute Gasteiger partial charge is 0.0352 e. The van der Waals surface area contributed by atoms with Crippen molar-refractivity contribution in [1.29, 1.82) is 0 Å². The lowest BCUT2D eigenvalue weighted by molar-refractivity contribution is 0.159. The van der Waals surface area contributed by atoms with E-state index in [1.165, 1.54) is 57.3 Å². The van der Waals surface area contributed by atoms with Crippen molar-refractivity contribution in [3.8, 4) is 0 Å². The van der Waals surface area contributed by atoms with Gasteiger partial charge in [-0.15, -0.1) is 0 Å². The molecule has 0 amide bonds. The number of nitrogens with two attached hydrogens (primary N) is 1. The molecule has 2 nitrogen and oxygen atoms in total. The van der Waals surface area contributed by atoms with Crippen LogP contribution >= 0.6 is 0 Å². The molecule has 2 heteroatoms. The van der Waals surface area contributed by atoms with Crippen molar-refractivity contribution >= 4 is 5.69 Å². The third-order valence-electron chi connectivity index (χ3n) is 4.57. The lowest BCUT2D eigenvalue weighted by atomic mass is 9.63. The fourth-order valence-corrected chi connectivity index (χ4v) is 3.46. The van der Waals surface area contributed by atoms with E-state index < -0.39 is 0 Å². The molecule has 0 bridgehead atoms. The Balaban J connectivity index is 1.83. The molecule has 0 atom stereocenters. The highest BCUT2D eigenvalue weighted by molar-refractivity contribution is 5.51. The van der Waals surface area contributed by atoms with E-state index in [0.29, 0.717) is 5.41 Å². The van der Waals surface area contributed by atoms with Crippen molar-refractivity contribution in [2.45, 2.75) is 37.5 Å². The van der Waals surface area contributed by atoms with E-state index >= 15 is 0 Å².